The van der Waals surface area contributed by atoms with Gasteiger partial charge in [-0.3, -0.25) is 9.28 Å². The Labute approximate surface area is 123 Å². The monoisotopic (exact) mass is 280 g/mol. The van der Waals surface area contributed by atoms with E-state index in [1.807, 2.05) is 6.20 Å². The zero-order chi connectivity index (χ0) is 14.8. The highest BCUT2D eigenvalue weighted by Crippen LogP contribution is 2.19. The normalized spacial score (nSPS) is 25.1. The minimum Gasteiger partial charge on any atom is -0.351 e. The number of nitrogens with one attached hydrogen (secondary N) is 2. The van der Waals surface area contributed by atoms with E-state index in [1.165, 1.54) is 19.3 Å². The van der Waals surface area contributed by atoms with Crippen molar-refractivity contribution in [2.45, 2.75) is 52.6 Å². The molecule has 0 aromatic heterocycles. The first-order chi connectivity index (χ1) is 9.64. The number of likely N-dealkylation sites (N-methyl/N-ethyl adjacent to an activating group) is 1. The van der Waals surface area contributed by atoms with Crippen LogP contribution in [0.15, 0.2) is 24.6 Å². The second kappa shape index (κ2) is 8.80. The molecular weight excluding hydrogens is 250 g/mol. The first-order valence-corrected chi connectivity index (χ1v) is 7.86. The van der Waals surface area contributed by atoms with Gasteiger partial charge in [-0.1, -0.05) is 25.8 Å². The van der Waals surface area contributed by atoms with Crippen LogP contribution in [0.5, 0.6) is 0 Å². The van der Waals surface area contributed by atoms with Crippen LogP contribution in [-0.4, -0.2) is 36.2 Å². The number of unbranched alkanes of at least 4 members (excludes halogenated alkanes) is 3. The highest BCUT2D eigenvalue weighted by Gasteiger charge is 2.34. The van der Waals surface area contributed by atoms with Crippen molar-refractivity contribution in [2.24, 2.45) is 0 Å². The summed E-state index contributed by atoms with van der Waals surface area (Å²) >= 11 is 0. The van der Waals surface area contributed by atoms with Crippen molar-refractivity contribution in [3.8, 4) is 0 Å². The predicted octanol–water partition coefficient (Wildman–Crippen LogP) is 2.50. The van der Waals surface area contributed by atoms with E-state index in [-0.39, 0.29) is 5.91 Å². The van der Waals surface area contributed by atoms with Gasteiger partial charge < -0.3 is 10.6 Å². The van der Waals surface area contributed by atoms with Gasteiger partial charge in [-0.15, -0.1) is 0 Å². The van der Waals surface area contributed by atoms with Gasteiger partial charge in [0.2, 0.25) is 5.91 Å². The summed E-state index contributed by atoms with van der Waals surface area (Å²) in [5.74, 6) is 0.0436. The van der Waals surface area contributed by atoms with Crippen LogP contribution in [0.25, 0.3) is 0 Å². The van der Waals surface area contributed by atoms with Crippen LogP contribution in [0.1, 0.15) is 46.5 Å². The van der Waals surface area contributed by atoms with Gasteiger partial charge in [-0.25, -0.2) is 0 Å². The lowest BCUT2D eigenvalue weighted by Crippen LogP contribution is -2.54. The second-order valence-corrected chi connectivity index (χ2v) is 5.48. The molecule has 0 radical (unpaired) electrons. The summed E-state index contributed by atoms with van der Waals surface area (Å²) in [4.78, 5) is 11.0. The van der Waals surface area contributed by atoms with E-state index in [1.54, 1.807) is 6.92 Å². The smallest absolute Gasteiger partial charge is 0.217 e. The van der Waals surface area contributed by atoms with Crippen LogP contribution >= 0.6 is 0 Å². The van der Waals surface area contributed by atoms with Gasteiger partial charge in [-0.05, 0) is 25.8 Å². The Kier molecular flexibility index (Phi) is 7.37. The Morgan fingerprint density at radius 2 is 2.20 bits per heavy atom. The van der Waals surface area contributed by atoms with Gasteiger partial charge in [0.1, 0.15) is 12.7 Å². The first-order valence-electron chi connectivity index (χ1n) is 7.86. The number of carbonyl (C=O) groups is 1. The maximum atomic E-state index is 11.0. The molecule has 4 heteroatoms. The number of carbonyl (C=O) groups excluding carboxylic acids is 1. The fourth-order valence-corrected chi connectivity index (χ4v) is 2.61. The summed E-state index contributed by atoms with van der Waals surface area (Å²) in [5.41, 5.74) is 0. The fraction of sp³-hybridized carbons (Fsp3) is 0.688. The molecule has 2 atom stereocenters. The highest BCUT2D eigenvalue weighted by atomic mass is 16.1. The molecule has 2 unspecified atom stereocenters. The molecule has 0 aromatic carbocycles. The molecule has 1 aliphatic heterocycles. The molecule has 0 saturated heterocycles. The summed E-state index contributed by atoms with van der Waals surface area (Å²) in [6, 6.07) is 0. The third-order valence-corrected chi connectivity index (χ3v) is 3.98. The highest BCUT2D eigenvalue weighted by molar-refractivity contribution is 5.72. The van der Waals surface area contributed by atoms with E-state index < -0.39 is 0 Å². The standard InChI is InChI=1S/C16H29N3O/c1-4-6-7-8-9-10-16-18-12-14-19(16,5-2)13-11-17-15(3)20/h9-10,12,14,16,18H,4-8,11,13H2,1-3H3/p+1/b10-9+. The van der Waals surface area contributed by atoms with Crippen LogP contribution in [0, 0.1) is 0 Å². The summed E-state index contributed by atoms with van der Waals surface area (Å²) in [6.07, 6.45) is 14.1. The molecule has 1 heterocycles. The molecule has 1 aliphatic rings. The van der Waals surface area contributed by atoms with Crippen LogP contribution < -0.4 is 10.6 Å². The number of rotatable bonds is 9. The zero-order valence-electron chi connectivity index (χ0n) is 13.2. The Balaban J connectivity index is 2.49. The van der Waals surface area contributed by atoms with Crippen molar-refractivity contribution in [1.82, 2.24) is 10.6 Å². The number of amides is 1. The second-order valence-electron chi connectivity index (χ2n) is 5.48. The van der Waals surface area contributed by atoms with Crippen LogP contribution in [0.4, 0.5) is 0 Å². The quantitative estimate of drug-likeness (QED) is 0.387. The van der Waals surface area contributed by atoms with Crippen molar-refractivity contribution in [3.63, 3.8) is 0 Å². The molecule has 0 spiro atoms. The van der Waals surface area contributed by atoms with Crippen molar-refractivity contribution < 1.29 is 9.28 Å². The molecule has 114 valence electrons. The summed E-state index contributed by atoms with van der Waals surface area (Å²) < 4.78 is 0.866. The average molecular weight is 280 g/mol. The number of allylic oxidation sites excluding steroid dienone is 1. The SMILES string of the molecule is CCCCC/C=C/C1NC=C[N+]1(CC)CCNC(C)=O. The molecule has 0 aromatic rings. The number of hydrogen-bond acceptors (Lipinski definition) is 2. The van der Waals surface area contributed by atoms with Crippen molar-refractivity contribution in [3.05, 3.63) is 24.6 Å². The number of nitrogens with zero attached hydrogens (tertiary/aromatic N) is 1. The minimum absolute atomic E-state index is 0.0436. The topological polar surface area (TPSA) is 41.1 Å². The maximum absolute atomic E-state index is 11.0. The van der Waals surface area contributed by atoms with E-state index in [9.17, 15) is 4.79 Å². The van der Waals surface area contributed by atoms with Crippen LogP contribution in [0.2, 0.25) is 0 Å². The summed E-state index contributed by atoms with van der Waals surface area (Å²) in [5, 5.41) is 6.32. The van der Waals surface area contributed by atoms with Crippen LogP contribution in [-0.2, 0) is 4.79 Å². The van der Waals surface area contributed by atoms with Crippen molar-refractivity contribution in [1.29, 1.82) is 0 Å². The Hall–Kier alpha value is -1.29. The maximum Gasteiger partial charge on any atom is 0.217 e. The summed E-state index contributed by atoms with van der Waals surface area (Å²) in [7, 11) is 0. The zero-order valence-corrected chi connectivity index (χ0v) is 13.2. The molecule has 0 aliphatic carbocycles. The van der Waals surface area contributed by atoms with Gasteiger partial charge in [0.05, 0.1) is 19.3 Å². The lowest BCUT2D eigenvalue weighted by molar-refractivity contribution is -0.891. The molecule has 1 rings (SSSR count). The van der Waals surface area contributed by atoms with Gasteiger partial charge in [-0.2, -0.15) is 0 Å². The van der Waals surface area contributed by atoms with E-state index in [2.05, 4.69) is 42.8 Å². The average Bonchev–Trinajstić information content (AvgIpc) is 2.82. The van der Waals surface area contributed by atoms with E-state index in [0.717, 1.165) is 30.5 Å². The third kappa shape index (κ3) is 5.00. The lowest BCUT2D eigenvalue weighted by atomic mass is 10.2. The molecule has 0 fully saturated rings. The molecule has 4 nitrogen and oxygen atoms in total. The minimum atomic E-state index is 0.0436. The van der Waals surface area contributed by atoms with E-state index in [0.29, 0.717) is 6.17 Å². The Bertz CT molecular complexity index is 352. The Morgan fingerprint density at radius 3 is 2.85 bits per heavy atom. The van der Waals surface area contributed by atoms with Crippen molar-refractivity contribution in [2.75, 3.05) is 19.6 Å². The number of hydrogen-bond donors (Lipinski definition) is 2. The van der Waals surface area contributed by atoms with Gasteiger partial charge in [0.25, 0.3) is 0 Å². The molecule has 1 amide bonds. The fourth-order valence-electron chi connectivity index (χ4n) is 2.61. The molecular formula is C16H30N3O+. The molecule has 2 N–H and O–H groups in total. The largest absolute Gasteiger partial charge is 0.351 e. The molecule has 20 heavy (non-hydrogen) atoms. The van der Waals surface area contributed by atoms with Gasteiger partial charge in [0.15, 0.2) is 6.17 Å². The third-order valence-electron chi connectivity index (χ3n) is 3.98. The van der Waals surface area contributed by atoms with E-state index in [4.69, 9.17) is 0 Å². The van der Waals surface area contributed by atoms with E-state index >= 15 is 0 Å². The Morgan fingerprint density at radius 1 is 1.40 bits per heavy atom. The van der Waals surface area contributed by atoms with Crippen LogP contribution in [0.3, 0.4) is 0 Å². The summed E-state index contributed by atoms with van der Waals surface area (Å²) in [6.45, 7) is 8.65. The van der Waals surface area contributed by atoms with Gasteiger partial charge >= 0.3 is 0 Å². The first kappa shape index (κ1) is 16.8. The molecule has 0 saturated carbocycles. The predicted molar refractivity (Wildman–Crippen MR) is 83.7 cm³/mol. The number of quaternary nitrogens is 1. The van der Waals surface area contributed by atoms with Crippen molar-refractivity contribution >= 4 is 5.91 Å². The lowest BCUT2D eigenvalue weighted by Gasteiger charge is -2.35. The van der Waals surface area contributed by atoms with Gasteiger partial charge in [0, 0.05) is 6.92 Å². The molecule has 0 bridgehead atoms.